The molecule has 16 heavy (non-hydrogen) atoms. The Morgan fingerprint density at radius 3 is 2.31 bits per heavy atom. The molecular weight excluding hydrogens is 200 g/mol. The van der Waals surface area contributed by atoms with Crippen LogP contribution in [0.15, 0.2) is 30.6 Å². The SMILES string of the molecule is CC(C)(C)n1nc(-c2ccncc2)cc1N. The Balaban J connectivity index is 2.47. The van der Waals surface area contributed by atoms with Gasteiger partial charge in [0.2, 0.25) is 0 Å². The van der Waals surface area contributed by atoms with Crippen molar-refractivity contribution in [2.24, 2.45) is 0 Å². The second-order valence-corrected chi connectivity index (χ2v) is 4.77. The van der Waals surface area contributed by atoms with Gasteiger partial charge < -0.3 is 5.73 Å². The van der Waals surface area contributed by atoms with Crippen LogP contribution in [0.25, 0.3) is 11.3 Å². The molecule has 0 aliphatic rings. The normalized spacial score (nSPS) is 11.7. The third-order valence-electron chi connectivity index (χ3n) is 2.35. The molecule has 0 radical (unpaired) electrons. The van der Waals surface area contributed by atoms with Gasteiger partial charge in [0.1, 0.15) is 5.82 Å². The number of anilines is 1. The van der Waals surface area contributed by atoms with Crippen LogP contribution in [0.4, 0.5) is 5.82 Å². The molecule has 0 saturated carbocycles. The van der Waals surface area contributed by atoms with Crippen molar-refractivity contribution in [3.05, 3.63) is 30.6 Å². The van der Waals surface area contributed by atoms with Gasteiger partial charge in [-0.2, -0.15) is 5.10 Å². The maximum absolute atomic E-state index is 5.95. The van der Waals surface area contributed by atoms with Gasteiger partial charge in [-0.25, -0.2) is 4.68 Å². The molecule has 0 atom stereocenters. The second-order valence-electron chi connectivity index (χ2n) is 4.77. The van der Waals surface area contributed by atoms with Gasteiger partial charge >= 0.3 is 0 Å². The van der Waals surface area contributed by atoms with E-state index < -0.39 is 0 Å². The first kappa shape index (κ1) is 10.7. The molecule has 0 spiro atoms. The third kappa shape index (κ3) is 1.91. The highest BCUT2D eigenvalue weighted by molar-refractivity contribution is 5.61. The monoisotopic (exact) mass is 216 g/mol. The van der Waals surface area contributed by atoms with Gasteiger partial charge in [-0.05, 0) is 32.9 Å². The lowest BCUT2D eigenvalue weighted by Crippen LogP contribution is -2.24. The summed E-state index contributed by atoms with van der Waals surface area (Å²) in [5.74, 6) is 0.680. The zero-order chi connectivity index (χ0) is 11.8. The Labute approximate surface area is 95.1 Å². The molecule has 4 heteroatoms. The average Bonchev–Trinajstić information content (AvgIpc) is 2.61. The van der Waals surface area contributed by atoms with Crippen molar-refractivity contribution in [2.45, 2.75) is 26.3 Å². The topological polar surface area (TPSA) is 56.7 Å². The average molecular weight is 216 g/mol. The van der Waals surface area contributed by atoms with E-state index >= 15 is 0 Å². The van der Waals surface area contributed by atoms with Crippen molar-refractivity contribution >= 4 is 5.82 Å². The van der Waals surface area contributed by atoms with Gasteiger partial charge in [0.25, 0.3) is 0 Å². The number of nitrogen functional groups attached to an aromatic ring is 1. The lowest BCUT2D eigenvalue weighted by atomic mass is 10.1. The summed E-state index contributed by atoms with van der Waals surface area (Å²) in [5.41, 5.74) is 7.76. The van der Waals surface area contributed by atoms with E-state index in [1.807, 2.05) is 22.9 Å². The van der Waals surface area contributed by atoms with Crippen molar-refractivity contribution in [1.82, 2.24) is 14.8 Å². The predicted octanol–water partition coefficient (Wildman–Crippen LogP) is 2.28. The standard InChI is InChI=1S/C12H16N4/c1-12(2,3)16-11(13)8-10(15-16)9-4-6-14-7-5-9/h4-8H,13H2,1-3H3. The molecule has 0 saturated heterocycles. The van der Waals surface area contributed by atoms with Crippen molar-refractivity contribution < 1.29 is 0 Å². The minimum Gasteiger partial charge on any atom is -0.384 e. The number of aromatic nitrogens is 3. The van der Waals surface area contributed by atoms with Crippen molar-refractivity contribution in [3.8, 4) is 11.3 Å². The molecule has 0 aromatic carbocycles. The Morgan fingerprint density at radius 2 is 1.81 bits per heavy atom. The van der Waals surface area contributed by atoms with Crippen molar-refractivity contribution in [1.29, 1.82) is 0 Å². The minimum atomic E-state index is -0.102. The quantitative estimate of drug-likeness (QED) is 0.795. The molecule has 0 bridgehead atoms. The number of nitrogens with two attached hydrogens (primary N) is 1. The van der Waals surface area contributed by atoms with Crippen molar-refractivity contribution in [3.63, 3.8) is 0 Å². The summed E-state index contributed by atoms with van der Waals surface area (Å²) in [6.07, 6.45) is 3.50. The van der Waals surface area contributed by atoms with Crippen LogP contribution >= 0.6 is 0 Å². The molecule has 0 aliphatic heterocycles. The fourth-order valence-electron chi connectivity index (χ4n) is 1.60. The first-order chi connectivity index (χ1) is 7.48. The van der Waals surface area contributed by atoms with Gasteiger partial charge in [0, 0.05) is 24.0 Å². The highest BCUT2D eigenvalue weighted by Gasteiger charge is 2.18. The van der Waals surface area contributed by atoms with Gasteiger partial charge in [-0.1, -0.05) is 0 Å². The van der Waals surface area contributed by atoms with E-state index in [4.69, 9.17) is 5.73 Å². The van der Waals surface area contributed by atoms with Crippen LogP contribution in [-0.4, -0.2) is 14.8 Å². The van der Waals surface area contributed by atoms with Crippen LogP contribution in [-0.2, 0) is 5.54 Å². The molecule has 2 aromatic heterocycles. The summed E-state index contributed by atoms with van der Waals surface area (Å²) in [4.78, 5) is 3.98. The zero-order valence-electron chi connectivity index (χ0n) is 9.81. The summed E-state index contributed by atoms with van der Waals surface area (Å²) >= 11 is 0. The molecule has 2 heterocycles. The van der Waals surface area contributed by atoms with Crippen LogP contribution in [0.5, 0.6) is 0 Å². The van der Waals surface area contributed by atoms with Gasteiger partial charge in [-0.3, -0.25) is 4.98 Å². The summed E-state index contributed by atoms with van der Waals surface area (Å²) in [5, 5.41) is 4.52. The van der Waals surface area contributed by atoms with Crippen LogP contribution in [0.2, 0.25) is 0 Å². The summed E-state index contributed by atoms with van der Waals surface area (Å²) in [6.45, 7) is 6.23. The van der Waals surface area contributed by atoms with Gasteiger partial charge in [-0.15, -0.1) is 0 Å². The largest absolute Gasteiger partial charge is 0.384 e. The molecule has 84 valence electrons. The molecule has 2 rings (SSSR count). The van der Waals surface area contributed by atoms with Crippen LogP contribution in [0.1, 0.15) is 20.8 Å². The number of rotatable bonds is 1. The van der Waals surface area contributed by atoms with E-state index in [2.05, 4.69) is 30.9 Å². The van der Waals surface area contributed by atoms with E-state index in [9.17, 15) is 0 Å². The first-order valence-corrected chi connectivity index (χ1v) is 5.25. The molecule has 0 unspecified atom stereocenters. The number of pyridine rings is 1. The molecule has 2 aromatic rings. The lowest BCUT2D eigenvalue weighted by molar-refractivity contribution is 0.362. The maximum atomic E-state index is 5.95. The van der Waals surface area contributed by atoms with Crippen LogP contribution in [0, 0.1) is 0 Å². The smallest absolute Gasteiger partial charge is 0.122 e. The van der Waals surface area contributed by atoms with Crippen LogP contribution < -0.4 is 5.73 Å². The van der Waals surface area contributed by atoms with Gasteiger partial charge in [0.05, 0.1) is 11.2 Å². The Morgan fingerprint density at radius 1 is 1.19 bits per heavy atom. The van der Waals surface area contributed by atoms with E-state index in [1.165, 1.54) is 0 Å². The third-order valence-corrected chi connectivity index (χ3v) is 2.35. The highest BCUT2D eigenvalue weighted by Crippen LogP contribution is 2.24. The number of nitrogens with zero attached hydrogens (tertiary/aromatic N) is 3. The lowest BCUT2D eigenvalue weighted by Gasteiger charge is -2.20. The summed E-state index contributed by atoms with van der Waals surface area (Å²) < 4.78 is 1.84. The van der Waals surface area contributed by atoms with E-state index in [0.29, 0.717) is 5.82 Å². The Bertz CT molecular complexity index is 479. The fraction of sp³-hybridized carbons (Fsp3) is 0.333. The second kappa shape index (κ2) is 3.63. The fourth-order valence-corrected chi connectivity index (χ4v) is 1.60. The zero-order valence-corrected chi connectivity index (χ0v) is 9.81. The molecule has 0 aliphatic carbocycles. The molecular formula is C12H16N4. The highest BCUT2D eigenvalue weighted by atomic mass is 15.3. The van der Waals surface area contributed by atoms with Crippen LogP contribution in [0.3, 0.4) is 0 Å². The summed E-state index contributed by atoms with van der Waals surface area (Å²) in [7, 11) is 0. The van der Waals surface area contributed by atoms with E-state index in [0.717, 1.165) is 11.3 Å². The first-order valence-electron chi connectivity index (χ1n) is 5.25. The Hall–Kier alpha value is -1.84. The molecule has 0 amide bonds. The van der Waals surface area contributed by atoms with E-state index in [-0.39, 0.29) is 5.54 Å². The molecule has 2 N–H and O–H groups in total. The summed E-state index contributed by atoms with van der Waals surface area (Å²) in [6, 6.07) is 5.74. The van der Waals surface area contributed by atoms with Gasteiger partial charge in [0.15, 0.2) is 0 Å². The predicted molar refractivity (Wildman–Crippen MR) is 64.9 cm³/mol. The number of hydrogen-bond donors (Lipinski definition) is 1. The minimum absolute atomic E-state index is 0.102. The molecule has 0 fully saturated rings. The molecule has 4 nitrogen and oxygen atoms in total. The maximum Gasteiger partial charge on any atom is 0.122 e. The number of hydrogen-bond acceptors (Lipinski definition) is 3. The van der Waals surface area contributed by atoms with E-state index in [1.54, 1.807) is 12.4 Å². The van der Waals surface area contributed by atoms with Crippen molar-refractivity contribution in [2.75, 3.05) is 5.73 Å². The Kier molecular flexibility index (Phi) is 2.42.